The minimum absolute atomic E-state index is 0.0866. The van der Waals surface area contributed by atoms with Gasteiger partial charge < -0.3 is 15.2 Å². The van der Waals surface area contributed by atoms with Crippen molar-refractivity contribution in [1.29, 1.82) is 0 Å². The summed E-state index contributed by atoms with van der Waals surface area (Å²) in [5, 5.41) is 15.5. The van der Waals surface area contributed by atoms with E-state index < -0.39 is 5.97 Å². The lowest BCUT2D eigenvalue weighted by atomic mass is 10.2. The first-order chi connectivity index (χ1) is 11.1. The van der Waals surface area contributed by atoms with Gasteiger partial charge in [-0.1, -0.05) is 12.1 Å². The van der Waals surface area contributed by atoms with Gasteiger partial charge in [-0.15, -0.1) is 0 Å². The molecule has 0 unspecified atom stereocenters. The SMILES string of the molecule is CCOc1ccccc1C(=O)Nc1cnn(CCCC(=O)O)c1. The van der Waals surface area contributed by atoms with Crippen LogP contribution in [0.5, 0.6) is 5.75 Å². The van der Waals surface area contributed by atoms with Crippen molar-refractivity contribution in [3.63, 3.8) is 0 Å². The Bertz CT molecular complexity index is 681. The molecule has 0 spiro atoms. The molecule has 0 bridgehead atoms. The second-order valence-corrected chi connectivity index (χ2v) is 4.87. The number of carboxylic acids is 1. The minimum Gasteiger partial charge on any atom is -0.493 e. The first-order valence-electron chi connectivity index (χ1n) is 7.37. The number of benzene rings is 1. The van der Waals surface area contributed by atoms with Crippen LogP contribution >= 0.6 is 0 Å². The number of aryl methyl sites for hydroxylation is 1. The van der Waals surface area contributed by atoms with Gasteiger partial charge in [0.15, 0.2) is 0 Å². The molecule has 1 aromatic heterocycles. The predicted molar refractivity (Wildman–Crippen MR) is 84.7 cm³/mol. The van der Waals surface area contributed by atoms with Crippen LogP contribution in [0.1, 0.15) is 30.1 Å². The number of rotatable bonds is 8. The predicted octanol–water partition coefficient (Wildman–Crippen LogP) is 2.40. The number of carboxylic acid groups (broad SMARTS) is 1. The fraction of sp³-hybridized carbons (Fsp3) is 0.312. The summed E-state index contributed by atoms with van der Waals surface area (Å²) in [7, 11) is 0. The zero-order valence-electron chi connectivity index (χ0n) is 12.9. The number of para-hydroxylation sites is 1. The van der Waals surface area contributed by atoms with Crippen molar-refractivity contribution in [2.75, 3.05) is 11.9 Å². The Morgan fingerprint density at radius 1 is 1.35 bits per heavy atom. The van der Waals surface area contributed by atoms with Crippen molar-refractivity contribution < 1.29 is 19.4 Å². The third-order valence-electron chi connectivity index (χ3n) is 3.10. The third kappa shape index (κ3) is 4.84. The van der Waals surface area contributed by atoms with Gasteiger partial charge in [0, 0.05) is 19.2 Å². The Hall–Kier alpha value is -2.83. The normalized spacial score (nSPS) is 10.3. The highest BCUT2D eigenvalue weighted by molar-refractivity contribution is 6.06. The quantitative estimate of drug-likeness (QED) is 0.780. The van der Waals surface area contributed by atoms with E-state index in [1.165, 1.54) is 6.20 Å². The van der Waals surface area contributed by atoms with Crippen molar-refractivity contribution in [1.82, 2.24) is 9.78 Å². The van der Waals surface area contributed by atoms with E-state index in [1.54, 1.807) is 29.1 Å². The number of hydrogen-bond donors (Lipinski definition) is 2. The number of carbonyl (C=O) groups excluding carboxylic acids is 1. The summed E-state index contributed by atoms with van der Waals surface area (Å²) in [4.78, 5) is 22.8. The molecule has 0 aliphatic heterocycles. The zero-order valence-corrected chi connectivity index (χ0v) is 12.9. The summed E-state index contributed by atoms with van der Waals surface area (Å²) in [6.45, 7) is 2.82. The molecule has 1 amide bonds. The van der Waals surface area contributed by atoms with Crippen LogP contribution in [0.3, 0.4) is 0 Å². The van der Waals surface area contributed by atoms with Gasteiger partial charge >= 0.3 is 5.97 Å². The Kier molecular flexibility index (Phi) is 5.74. The Labute approximate surface area is 133 Å². The number of nitrogens with one attached hydrogen (secondary N) is 1. The van der Waals surface area contributed by atoms with Gasteiger partial charge in [0.05, 0.1) is 24.1 Å². The lowest BCUT2D eigenvalue weighted by molar-refractivity contribution is -0.137. The molecule has 2 N–H and O–H groups in total. The monoisotopic (exact) mass is 317 g/mol. The molecule has 0 aliphatic carbocycles. The van der Waals surface area contributed by atoms with E-state index in [-0.39, 0.29) is 12.3 Å². The lowest BCUT2D eigenvalue weighted by Crippen LogP contribution is -2.13. The molecule has 0 atom stereocenters. The van der Waals surface area contributed by atoms with Crippen molar-refractivity contribution in [3.05, 3.63) is 42.2 Å². The highest BCUT2D eigenvalue weighted by atomic mass is 16.5. The summed E-state index contributed by atoms with van der Waals surface area (Å²) in [5.74, 6) is -0.585. The molecule has 7 nitrogen and oxygen atoms in total. The van der Waals surface area contributed by atoms with Gasteiger partial charge in [0.2, 0.25) is 0 Å². The molecule has 7 heteroatoms. The van der Waals surface area contributed by atoms with E-state index in [4.69, 9.17) is 9.84 Å². The molecule has 0 saturated carbocycles. The number of hydrogen-bond acceptors (Lipinski definition) is 4. The minimum atomic E-state index is -0.835. The first kappa shape index (κ1) is 16.5. The van der Waals surface area contributed by atoms with Crippen LogP contribution in [0, 0.1) is 0 Å². The molecule has 0 saturated heterocycles. The van der Waals surface area contributed by atoms with Crippen LogP contribution in [-0.2, 0) is 11.3 Å². The fourth-order valence-electron chi connectivity index (χ4n) is 2.08. The molecule has 0 aliphatic rings. The second kappa shape index (κ2) is 7.98. The van der Waals surface area contributed by atoms with E-state index in [0.717, 1.165) is 0 Å². The van der Waals surface area contributed by atoms with E-state index in [1.807, 2.05) is 13.0 Å². The molecular formula is C16H19N3O4. The number of aromatic nitrogens is 2. The molecule has 2 aromatic rings. The van der Waals surface area contributed by atoms with Crippen molar-refractivity contribution in [2.24, 2.45) is 0 Å². The Morgan fingerprint density at radius 2 is 2.13 bits per heavy atom. The summed E-state index contributed by atoms with van der Waals surface area (Å²) in [6.07, 6.45) is 3.77. The molecule has 2 rings (SSSR count). The van der Waals surface area contributed by atoms with Crippen LogP contribution in [0.15, 0.2) is 36.7 Å². The average molecular weight is 317 g/mol. The largest absolute Gasteiger partial charge is 0.493 e. The number of anilines is 1. The molecule has 0 radical (unpaired) electrons. The number of aliphatic carboxylic acids is 1. The van der Waals surface area contributed by atoms with Crippen LogP contribution in [0.25, 0.3) is 0 Å². The topological polar surface area (TPSA) is 93.5 Å². The molecule has 0 fully saturated rings. The van der Waals surface area contributed by atoms with Crippen LogP contribution in [0.2, 0.25) is 0 Å². The van der Waals surface area contributed by atoms with E-state index in [0.29, 0.717) is 36.6 Å². The van der Waals surface area contributed by atoms with Crippen LogP contribution in [0.4, 0.5) is 5.69 Å². The van der Waals surface area contributed by atoms with Gasteiger partial charge in [-0.2, -0.15) is 5.10 Å². The number of nitrogens with zero attached hydrogens (tertiary/aromatic N) is 2. The third-order valence-corrected chi connectivity index (χ3v) is 3.10. The maximum Gasteiger partial charge on any atom is 0.303 e. The van der Waals surface area contributed by atoms with Gasteiger partial charge in [-0.3, -0.25) is 14.3 Å². The standard InChI is InChI=1S/C16H19N3O4/c1-2-23-14-7-4-3-6-13(14)16(22)18-12-10-17-19(11-12)9-5-8-15(20)21/h3-4,6-7,10-11H,2,5,8-9H2,1H3,(H,18,22)(H,20,21). The number of ether oxygens (including phenoxy) is 1. The Morgan fingerprint density at radius 3 is 2.87 bits per heavy atom. The zero-order chi connectivity index (χ0) is 16.7. The van der Waals surface area contributed by atoms with Crippen molar-refractivity contribution >= 4 is 17.6 Å². The summed E-state index contributed by atoms with van der Waals surface area (Å²) >= 11 is 0. The molecule has 23 heavy (non-hydrogen) atoms. The van der Waals surface area contributed by atoms with Crippen LogP contribution < -0.4 is 10.1 Å². The van der Waals surface area contributed by atoms with Crippen molar-refractivity contribution in [2.45, 2.75) is 26.3 Å². The second-order valence-electron chi connectivity index (χ2n) is 4.87. The first-order valence-corrected chi connectivity index (χ1v) is 7.37. The highest BCUT2D eigenvalue weighted by Gasteiger charge is 2.13. The van der Waals surface area contributed by atoms with Crippen molar-refractivity contribution in [3.8, 4) is 5.75 Å². The molecule has 122 valence electrons. The summed E-state index contributed by atoms with van der Waals surface area (Å²) in [6, 6.07) is 7.01. The summed E-state index contributed by atoms with van der Waals surface area (Å²) in [5.41, 5.74) is 1.00. The maximum atomic E-state index is 12.3. The van der Waals surface area contributed by atoms with Crippen LogP contribution in [-0.4, -0.2) is 33.4 Å². The summed E-state index contributed by atoms with van der Waals surface area (Å²) < 4.78 is 7.04. The van der Waals surface area contributed by atoms with E-state index in [9.17, 15) is 9.59 Å². The highest BCUT2D eigenvalue weighted by Crippen LogP contribution is 2.19. The Balaban J connectivity index is 1.98. The smallest absolute Gasteiger partial charge is 0.303 e. The van der Waals surface area contributed by atoms with Gasteiger partial charge in [0.25, 0.3) is 5.91 Å². The fourth-order valence-corrected chi connectivity index (χ4v) is 2.08. The van der Waals surface area contributed by atoms with Gasteiger partial charge in [0.1, 0.15) is 5.75 Å². The maximum absolute atomic E-state index is 12.3. The average Bonchev–Trinajstić information content (AvgIpc) is 2.95. The van der Waals surface area contributed by atoms with Gasteiger partial charge in [-0.25, -0.2) is 0 Å². The van der Waals surface area contributed by atoms with E-state index in [2.05, 4.69) is 10.4 Å². The van der Waals surface area contributed by atoms with Gasteiger partial charge in [-0.05, 0) is 25.5 Å². The number of carbonyl (C=O) groups is 2. The molecule has 1 aromatic carbocycles. The number of amides is 1. The molecule has 1 heterocycles. The van der Waals surface area contributed by atoms with E-state index >= 15 is 0 Å². The lowest BCUT2D eigenvalue weighted by Gasteiger charge is -2.09. The molecular weight excluding hydrogens is 298 g/mol.